The fourth-order valence-corrected chi connectivity index (χ4v) is 2.87. The summed E-state index contributed by atoms with van der Waals surface area (Å²) in [5.74, 6) is 2.19. The molecular formula is C17H23N3O2. The van der Waals surface area contributed by atoms with Crippen molar-refractivity contribution in [3.63, 3.8) is 0 Å². The van der Waals surface area contributed by atoms with E-state index in [4.69, 9.17) is 9.26 Å². The van der Waals surface area contributed by atoms with Crippen molar-refractivity contribution in [3.05, 3.63) is 30.2 Å². The van der Waals surface area contributed by atoms with Gasteiger partial charge in [0.05, 0.1) is 13.2 Å². The van der Waals surface area contributed by atoms with Crippen LogP contribution < -0.4 is 4.74 Å². The van der Waals surface area contributed by atoms with E-state index in [0.29, 0.717) is 24.4 Å². The van der Waals surface area contributed by atoms with Crippen LogP contribution in [0.2, 0.25) is 0 Å². The topological polar surface area (TPSA) is 51.4 Å². The first kappa shape index (κ1) is 15.0. The highest BCUT2D eigenvalue weighted by molar-refractivity contribution is 5.55. The summed E-state index contributed by atoms with van der Waals surface area (Å²) >= 11 is 0. The summed E-state index contributed by atoms with van der Waals surface area (Å²) in [5.41, 5.74) is 0.949. The number of rotatable bonds is 5. The highest BCUT2D eigenvalue weighted by Gasteiger charge is 2.20. The Kier molecular flexibility index (Phi) is 4.73. The van der Waals surface area contributed by atoms with Crippen LogP contribution in [0.4, 0.5) is 0 Å². The molecule has 1 saturated heterocycles. The Hall–Kier alpha value is -1.88. The van der Waals surface area contributed by atoms with Gasteiger partial charge in [-0.25, -0.2) is 0 Å². The molecule has 22 heavy (non-hydrogen) atoms. The van der Waals surface area contributed by atoms with E-state index in [1.165, 1.54) is 19.3 Å². The summed E-state index contributed by atoms with van der Waals surface area (Å²) in [6.07, 6.45) is 3.82. The standard InChI is InChI=1S/C17H23N3O2/c1-3-21-15-9-7-14(8-10-15)17-18-16(22-19-17)12-20-11-5-4-6-13(20)2/h7-10,13H,3-6,11-12H2,1-2H3. The molecule has 0 spiro atoms. The molecule has 1 aliphatic heterocycles. The second-order valence-electron chi connectivity index (χ2n) is 5.78. The van der Waals surface area contributed by atoms with Crippen molar-refractivity contribution in [2.45, 2.75) is 45.7 Å². The van der Waals surface area contributed by atoms with Gasteiger partial charge in [-0.2, -0.15) is 4.98 Å². The number of likely N-dealkylation sites (tertiary alicyclic amines) is 1. The third-order valence-electron chi connectivity index (χ3n) is 4.17. The molecule has 0 saturated carbocycles. The Morgan fingerprint density at radius 3 is 2.82 bits per heavy atom. The largest absolute Gasteiger partial charge is 0.494 e. The predicted octanol–water partition coefficient (Wildman–Crippen LogP) is 3.51. The van der Waals surface area contributed by atoms with Crippen molar-refractivity contribution < 1.29 is 9.26 Å². The highest BCUT2D eigenvalue weighted by Crippen LogP contribution is 2.22. The molecule has 5 nitrogen and oxygen atoms in total. The molecule has 0 amide bonds. The molecule has 0 radical (unpaired) electrons. The summed E-state index contributed by atoms with van der Waals surface area (Å²) < 4.78 is 10.9. The van der Waals surface area contributed by atoms with E-state index < -0.39 is 0 Å². The van der Waals surface area contributed by atoms with Crippen molar-refractivity contribution in [2.75, 3.05) is 13.2 Å². The third kappa shape index (κ3) is 3.47. The van der Waals surface area contributed by atoms with Crippen LogP contribution in [-0.2, 0) is 6.54 Å². The predicted molar refractivity (Wildman–Crippen MR) is 84.6 cm³/mol. The first-order chi connectivity index (χ1) is 10.8. The van der Waals surface area contributed by atoms with Crippen molar-refractivity contribution >= 4 is 0 Å². The van der Waals surface area contributed by atoms with E-state index in [9.17, 15) is 0 Å². The molecule has 1 unspecified atom stereocenters. The van der Waals surface area contributed by atoms with Crippen LogP contribution in [0.5, 0.6) is 5.75 Å². The van der Waals surface area contributed by atoms with E-state index in [1.54, 1.807) is 0 Å². The molecule has 2 heterocycles. The van der Waals surface area contributed by atoms with Gasteiger partial charge in [-0.3, -0.25) is 4.90 Å². The molecule has 0 aliphatic carbocycles. The van der Waals surface area contributed by atoms with E-state index in [2.05, 4.69) is 22.0 Å². The first-order valence-corrected chi connectivity index (χ1v) is 8.06. The lowest BCUT2D eigenvalue weighted by molar-refractivity contribution is 0.135. The van der Waals surface area contributed by atoms with E-state index >= 15 is 0 Å². The van der Waals surface area contributed by atoms with Gasteiger partial charge in [0.25, 0.3) is 0 Å². The highest BCUT2D eigenvalue weighted by atomic mass is 16.5. The lowest BCUT2D eigenvalue weighted by Crippen LogP contribution is -2.36. The molecule has 0 N–H and O–H groups in total. The maximum atomic E-state index is 5.44. The summed E-state index contributed by atoms with van der Waals surface area (Å²) in [6.45, 7) is 6.76. The summed E-state index contributed by atoms with van der Waals surface area (Å²) in [5, 5.41) is 4.10. The van der Waals surface area contributed by atoms with Crippen molar-refractivity contribution in [2.24, 2.45) is 0 Å². The van der Waals surface area contributed by atoms with Crippen LogP contribution in [0.25, 0.3) is 11.4 Å². The smallest absolute Gasteiger partial charge is 0.241 e. The van der Waals surface area contributed by atoms with Crippen LogP contribution in [0.15, 0.2) is 28.8 Å². The number of hydrogen-bond acceptors (Lipinski definition) is 5. The molecule has 0 bridgehead atoms. The van der Waals surface area contributed by atoms with E-state index in [1.807, 2.05) is 31.2 Å². The molecule has 5 heteroatoms. The maximum absolute atomic E-state index is 5.44. The van der Waals surface area contributed by atoms with Gasteiger partial charge in [0.15, 0.2) is 0 Å². The molecule has 2 aromatic rings. The van der Waals surface area contributed by atoms with E-state index in [-0.39, 0.29) is 0 Å². The zero-order chi connectivity index (χ0) is 15.4. The average Bonchev–Trinajstić information content (AvgIpc) is 2.99. The Balaban J connectivity index is 1.67. The number of benzene rings is 1. The molecule has 1 aromatic heterocycles. The maximum Gasteiger partial charge on any atom is 0.241 e. The van der Waals surface area contributed by atoms with Gasteiger partial charge >= 0.3 is 0 Å². The van der Waals surface area contributed by atoms with Crippen LogP contribution in [0.1, 0.15) is 39.0 Å². The molecule has 3 rings (SSSR count). The number of aromatic nitrogens is 2. The van der Waals surface area contributed by atoms with Crippen molar-refractivity contribution in [1.29, 1.82) is 0 Å². The minimum atomic E-state index is 0.592. The van der Waals surface area contributed by atoms with E-state index in [0.717, 1.165) is 24.4 Å². The summed E-state index contributed by atoms with van der Waals surface area (Å²) in [6, 6.07) is 8.38. The zero-order valence-electron chi connectivity index (χ0n) is 13.3. The quantitative estimate of drug-likeness (QED) is 0.846. The van der Waals surface area contributed by atoms with Crippen LogP contribution in [0.3, 0.4) is 0 Å². The lowest BCUT2D eigenvalue weighted by Gasteiger charge is -2.31. The van der Waals surface area contributed by atoms with Gasteiger partial charge in [-0.05, 0) is 57.5 Å². The van der Waals surface area contributed by atoms with Gasteiger partial charge in [0.1, 0.15) is 5.75 Å². The molecular weight excluding hydrogens is 278 g/mol. The minimum absolute atomic E-state index is 0.592. The molecule has 1 aliphatic rings. The van der Waals surface area contributed by atoms with Gasteiger partial charge < -0.3 is 9.26 Å². The SMILES string of the molecule is CCOc1ccc(-c2noc(CN3CCCCC3C)n2)cc1. The zero-order valence-corrected chi connectivity index (χ0v) is 13.3. The second kappa shape index (κ2) is 6.92. The average molecular weight is 301 g/mol. The summed E-state index contributed by atoms with van der Waals surface area (Å²) in [7, 11) is 0. The number of hydrogen-bond donors (Lipinski definition) is 0. The summed E-state index contributed by atoms with van der Waals surface area (Å²) in [4.78, 5) is 6.94. The monoisotopic (exact) mass is 301 g/mol. The van der Waals surface area contributed by atoms with Gasteiger partial charge in [0, 0.05) is 11.6 Å². The molecule has 1 aromatic carbocycles. The third-order valence-corrected chi connectivity index (χ3v) is 4.17. The Morgan fingerprint density at radius 1 is 1.27 bits per heavy atom. The van der Waals surface area contributed by atoms with Crippen LogP contribution in [0, 0.1) is 0 Å². The normalized spacial score (nSPS) is 19.3. The van der Waals surface area contributed by atoms with Crippen LogP contribution >= 0.6 is 0 Å². The van der Waals surface area contributed by atoms with Gasteiger partial charge in [-0.15, -0.1) is 0 Å². The van der Waals surface area contributed by atoms with Crippen LogP contribution in [-0.4, -0.2) is 34.2 Å². The second-order valence-corrected chi connectivity index (χ2v) is 5.78. The number of piperidine rings is 1. The van der Waals surface area contributed by atoms with Gasteiger partial charge in [0.2, 0.25) is 11.7 Å². The fourth-order valence-electron chi connectivity index (χ4n) is 2.87. The molecule has 1 fully saturated rings. The van der Waals surface area contributed by atoms with Crippen molar-refractivity contribution in [3.8, 4) is 17.1 Å². The van der Waals surface area contributed by atoms with Crippen molar-refractivity contribution in [1.82, 2.24) is 15.0 Å². The lowest BCUT2D eigenvalue weighted by atomic mass is 10.0. The Morgan fingerprint density at radius 2 is 2.09 bits per heavy atom. The Bertz CT molecular complexity index is 594. The molecule has 1 atom stereocenters. The molecule has 118 valence electrons. The first-order valence-electron chi connectivity index (χ1n) is 8.06. The Labute approximate surface area is 131 Å². The minimum Gasteiger partial charge on any atom is -0.494 e. The number of ether oxygens (including phenoxy) is 1. The fraction of sp³-hybridized carbons (Fsp3) is 0.529. The van der Waals surface area contributed by atoms with Gasteiger partial charge in [-0.1, -0.05) is 11.6 Å². The number of nitrogens with zero attached hydrogens (tertiary/aromatic N) is 3.